The van der Waals surface area contributed by atoms with Crippen LogP contribution < -0.4 is 0 Å². The Morgan fingerprint density at radius 1 is 0.875 bits per heavy atom. The van der Waals surface area contributed by atoms with Crippen molar-refractivity contribution < 1.29 is 5.11 Å². The van der Waals surface area contributed by atoms with Crippen LogP contribution in [0.5, 0.6) is 0 Å². The smallest absolute Gasteiger partial charge is 0.0433 e. The summed E-state index contributed by atoms with van der Waals surface area (Å²) < 4.78 is 0. The fourth-order valence-corrected chi connectivity index (χ4v) is 9.12. The van der Waals surface area contributed by atoms with Gasteiger partial charge >= 0.3 is 0 Å². The molecule has 5 fully saturated rings. The molecule has 0 aliphatic heterocycles. The van der Waals surface area contributed by atoms with Crippen LogP contribution in [0.15, 0.2) is 0 Å². The van der Waals surface area contributed by atoms with Gasteiger partial charge in [0.25, 0.3) is 0 Å². The summed E-state index contributed by atoms with van der Waals surface area (Å²) in [6.07, 6.45) is 14.8. The van der Waals surface area contributed by atoms with Gasteiger partial charge in [-0.25, -0.2) is 0 Å². The van der Waals surface area contributed by atoms with Gasteiger partial charge in [0, 0.05) is 6.61 Å². The second-order valence-corrected chi connectivity index (χ2v) is 10.7. The van der Waals surface area contributed by atoms with Crippen molar-refractivity contribution in [1.82, 2.24) is 0 Å². The number of rotatable bonds is 3. The maximum Gasteiger partial charge on any atom is 0.0433 e. The van der Waals surface area contributed by atoms with Crippen LogP contribution >= 0.6 is 0 Å². The van der Waals surface area contributed by atoms with E-state index in [1.54, 1.807) is 25.7 Å². The molecule has 0 saturated heterocycles. The van der Waals surface area contributed by atoms with Crippen LogP contribution in [-0.4, -0.2) is 11.7 Å². The average molecular weight is 331 g/mol. The van der Waals surface area contributed by atoms with E-state index in [2.05, 4.69) is 13.8 Å². The molecule has 6 unspecified atom stereocenters. The molecule has 5 rings (SSSR count). The Bertz CT molecular complexity index is 486. The van der Waals surface area contributed by atoms with E-state index in [9.17, 15) is 5.11 Å². The maximum absolute atomic E-state index is 9.60. The molecule has 136 valence electrons. The first-order valence-corrected chi connectivity index (χ1v) is 11.3. The molecular weight excluding hydrogens is 292 g/mol. The molecule has 5 aliphatic rings. The van der Waals surface area contributed by atoms with Crippen molar-refractivity contribution in [2.45, 2.75) is 78.1 Å². The quantitative estimate of drug-likeness (QED) is 0.722. The Hall–Kier alpha value is -0.0400. The summed E-state index contributed by atoms with van der Waals surface area (Å²) in [6, 6.07) is 0. The average Bonchev–Trinajstić information content (AvgIpc) is 3.33. The van der Waals surface area contributed by atoms with Crippen LogP contribution in [0, 0.1) is 58.7 Å². The van der Waals surface area contributed by atoms with Gasteiger partial charge in [0.05, 0.1) is 0 Å². The number of fused-ring (bicyclic) bond motifs is 7. The molecule has 0 spiro atoms. The maximum atomic E-state index is 9.60. The summed E-state index contributed by atoms with van der Waals surface area (Å²) in [6.45, 7) is 5.48. The van der Waals surface area contributed by atoms with Gasteiger partial charge in [0.15, 0.2) is 0 Å². The SMILES string of the molecule is CC[C@H]1CCC2C3CCC4(C)C(CCO)[C@H]5CC5C4[C@@H]3CC[C@@H]2C1. The molecule has 10 atom stereocenters. The Morgan fingerprint density at radius 2 is 1.71 bits per heavy atom. The van der Waals surface area contributed by atoms with Crippen molar-refractivity contribution in [2.75, 3.05) is 6.61 Å². The third kappa shape index (κ3) is 2.15. The summed E-state index contributed by atoms with van der Waals surface area (Å²) in [7, 11) is 0. The monoisotopic (exact) mass is 330 g/mol. The lowest BCUT2D eigenvalue weighted by Gasteiger charge is -2.57. The van der Waals surface area contributed by atoms with Crippen molar-refractivity contribution >= 4 is 0 Å². The second kappa shape index (κ2) is 5.73. The van der Waals surface area contributed by atoms with Crippen LogP contribution in [0.25, 0.3) is 0 Å². The van der Waals surface area contributed by atoms with Crippen molar-refractivity contribution in [1.29, 1.82) is 0 Å². The normalized spacial score (nSPS) is 58.4. The van der Waals surface area contributed by atoms with E-state index >= 15 is 0 Å². The summed E-state index contributed by atoms with van der Waals surface area (Å²) in [5, 5.41) is 9.60. The third-order valence-electron chi connectivity index (χ3n) is 10.1. The minimum absolute atomic E-state index is 0.424. The molecule has 0 heterocycles. The van der Waals surface area contributed by atoms with Crippen LogP contribution in [0.1, 0.15) is 78.1 Å². The predicted octanol–water partition coefficient (Wildman–Crippen LogP) is 5.52. The van der Waals surface area contributed by atoms with Gasteiger partial charge in [-0.1, -0.05) is 26.7 Å². The van der Waals surface area contributed by atoms with Gasteiger partial charge in [-0.05, 0) is 110 Å². The molecular formula is C23H38O. The molecule has 0 aromatic heterocycles. The predicted molar refractivity (Wildman–Crippen MR) is 98.4 cm³/mol. The van der Waals surface area contributed by atoms with Gasteiger partial charge in [-0.2, -0.15) is 0 Å². The van der Waals surface area contributed by atoms with Crippen molar-refractivity contribution in [3.63, 3.8) is 0 Å². The lowest BCUT2D eigenvalue weighted by atomic mass is 9.48. The number of aliphatic hydroxyl groups is 1. The van der Waals surface area contributed by atoms with E-state index in [0.29, 0.717) is 12.0 Å². The largest absolute Gasteiger partial charge is 0.396 e. The zero-order chi connectivity index (χ0) is 16.5. The molecule has 24 heavy (non-hydrogen) atoms. The number of hydrogen-bond acceptors (Lipinski definition) is 1. The van der Waals surface area contributed by atoms with Crippen molar-refractivity contribution in [2.24, 2.45) is 58.7 Å². The molecule has 0 aromatic rings. The molecule has 0 aromatic carbocycles. The fourth-order valence-electron chi connectivity index (χ4n) is 9.12. The topological polar surface area (TPSA) is 20.2 Å². The Balaban J connectivity index is 1.38. The summed E-state index contributed by atoms with van der Waals surface area (Å²) in [5.41, 5.74) is 0.588. The highest BCUT2D eigenvalue weighted by molar-refractivity contribution is 5.17. The van der Waals surface area contributed by atoms with Crippen molar-refractivity contribution in [3.8, 4) is 0 Å². The molecule has 5 saturated carbocycles. The van der Waals surface area contributed by atoms with Gasteiger partial charge in [0.1, 0.15) is 0 Å². The van der Waals surface area contributed by atoms with E-state index in [1.807, 2.05) is 0 Å². The Kier molecular flexibility index (Phi) is 3.86. The van der Waals surface area contributed by atoms with Gasteiger partial charge in [-0.3, -0.25) is 0 Å². The standard InChI is InChI=1S/C23H38O/c1-3-14-4-6-16-15(12-14)5-7-18-17(16)8-10-23(2)21(9-11-24)19-13-20(19)22(18)23/h14-22,24H,3-13H2,1-2H3/t14-,15+,16?,17?,18+,19-,20?,21?,22?,23?/m0/s1. The first-order chi connectivity index (χ1) is 11.7. The number of hydrogen-bond donors (Lipinski definition) is 1. The van der Waals surface area contributed by atoms with Crippen LogP contribution in [0.3, 0.4) is 0 Å². The van der Waals surface area contributed by atoms with Crippen LogP contribution in [0.4, 0.5) is 0 Å². The highest BCUT2D eigenvalue weighted by Gasteiger charge is 2.68. The van der Waals surface area contributed by atoms with Gasteiger partial charge in [0.2, 0.25) is 0 Å². The van der Waals surface area contributed by atoms with Crippen LogP contribution in [-0.2, 0) is 0 Å². The summed E-state index contributed by atoms with van der Waals surface area (Å²) in [5.74, 6) is 9.29. The Labute approximate surface area is 149 Å². The summed E-state index contributed by atoms with van der Waals surface area (Å²) >= 11 is 0. The van der Waals surface area contributed by atoms with E-state index in [0.717, 1.165) is 59.7 Å². The lowest BCUT2D eigenvalue weighted by Crippen LogP contribution is -2.50. The Morgan fingerprint density at radius 3 is 2.50 bits per heavy atom. The first-order valence-electron chi connectivity index (χ1n) is 11.3. The zero-order valence-corrected chi connectivity index (χ0v) is 15.9. The minimum Gasteiger partial charge on any atom is -0.396 e. The van der Waals surface area contributed by atoms with E-state index < -0.39 is 0 Å². The van der Waals surface area contributed by atoms with Crippen molar-refractivity contribution in [3.05, 3.63) is 0 Å². The lowest BCUT2D eigenvalue weighted by molar-refractivity contribution is -0.0827. The van der Waals surface area contributed by atoms with Gasteiger partial charge in [-0.15, -0.1) is 0 Å². The van der Waals surface area contributed by atoms with Gasteiger partial charge < -0.3 is 5.11 Å². The fraction of sp³-hybridized carbons (Fsp3) is 1.00. The van der Waals surface area contributed by atoms with Crippen LogP contribution in [0.2, 0.25) is 0 Å². The summed E-state index contributed by atoms with van der Waals surface area (Å²) in [4.78, 5) is 0. The zero-order valence-electron chi connectivity index (χ0n) is 15.9. The molecule has 0 bridgehead atoms. The second-order valence-electron chi connectivity index (χ2n) is 10.7. The molecule has 1 nitrogen and oxygen atoms in total. The molecule has 0 amide bonds. The molecule has 1 N–H and O–H groups in total. The highest BCUT2D eigenvalue weighted by Crippen LogP contribution is 2.75. The number of aliphatic hydroxyl groups excluding tert-OH is 1. The van der Waals surface area contributed by atoms with E-state index in [4.69, 9.17) is 0 Å². The molecule has 1 heteroatoms. The third-order valence-corrected chi connectivity index (χ3v) is 10.1. The first kappa shape index (κ1) is 16.2. The van der Waals surface area contributed by atoms with E-state index in [-0.39, 0.29) is 0 Å². The minimum atomic E-state index is 0.424. The van der Waals surface area contributed by atoms with E-state index in [1.165, 1.54) is 32.1 Å². The molecule has 0 radical (unpaired) electrons. The molecule has 5 aliphatic carbocycles. The highest BCUT2D eigenvalue weighted by atomic mass is 16.3.